The molecule has 3 atom stereocenters. The highest BCUT2D eigenvalue weighted by Crippen LogP contribution is 2.53. The van der Waals surface area contributed by atoms with Crippen LogP contribution in [0.25, 0.3) is 10.9 Å². The number of carbonyl (C=O) groups excluding carboxylic acids is 1. The summed E-state index contributed by atoms with van der Waals surface area (Å²) in [5, 5.41) is 11.2. The highest BCUT2D eigenvalue weighted by Gasteiger charge is 2.49. The molecule has 3 aliphatic rings. The van der Waals surface area contributed by atoms with Crippen molar-refractivity contribution >= 4 is 16.9 Å². The number of esters is 1. The number of aromatic nitrogens is 1. The number of benzene rings is 1. The third-order valence-electron chi connectivity index (χ3n) is 6.35. The molecule has 4 heterocycles. The minimum Gasteiger partial charge on any atom is -0.508 e. The minimum atomic E-state index is -0.347. The van der Waals surface area contributed by atoms with Gasteiger partial charge in [0, 0.05) is 36.2 Å². The largest absolute Gasteiger partial charge is 0.508 e. The number of fused-ring (bicyclic) bond motifs is 4. The second-order valence-electron chi connectivity index (χ2n) is 7.35. The molecule has 3 unspecified atom stereocenters. The molecule has 5 heteroatoms. The van der Waals surface area contributed by atoms with E-state index in [1.54, 1.807) is 12.1 Å². The molecule has 1 aromatic carbocycles. The van der Waals surface area contributed by atoms with Crippen LogP contribution in [0.15, 0.2) is 29.8 Å². The van der Waals surface area contributed by atoms with Crippen LogP contribution in [0.3, 0.4) is 0 Å². The highest BCUT2D eigenvalue weighted by molar-refractivity contribution is 5.90. The molecule has 0 spiro atoms. The second-order valence-corrected chi connectivity index (χ2v) is 7.35. The van der Waals surface area contributed by atoms with Gasteiger partial charge in [-0.05, 0) is 37.5 Å². The molecule has 25 heavy (non-hydrogen) atoms. The molecule has 1 fully saturated rings. The summed E-state index contributed by atoms with van der Waals surface area (Å²) < 4.78 is 7.37. The molecular weight excluding hydrogens is 316 g/mol. The lowest BCUT2D eigenvalue weighted by atomic mass is 9.75. The predicted octanol–water partition coefficient (Wildman–Crippen LogP) is 2.94. The Morgan fingerprint density at radius 1 is 1.40 bits per heavy atom. The molecule has 0 aliphatic carbocycles. The molecule has 1 aromatic heterocycles. The van der Waals surface area contributed by atoms with Crippen LogP contribution in [0.2, 0.25) is 0 Å². The van der Waals surface area contributed by atoms with E-state index in [2.05, 4.69) is 22.5 Å². The highest BCUT2D eigenvalue weighted by atomic mass is 16.5. The maximum absolute atomic E-state index is 12.8. The van der Waals surface area contributed by atoms with Crippen LogP contribution in [0.4, 0.5) is 0 Å². The zero-order valence-corrected chi connectivity index (χ0v) is 14.5. The van der Waals surface area contributed by atoms with Crippen molar-refractivity contribution in [1.29, 1.82) is 0 Å². The first-order valence-electron chi connectivity index (χ1n) is 8.96. The Bertz CT molecular complexity index is 927. The van der Waals surface area contributed by atoms with Crippen molar-refractivity contribution in [2.24, 2.45) is 5.92 Å². The lowest BCUT2D eigenvalue weighted by Gasteiger charge is -2.50. The number of hydrogen-bond acceptors (Lipinski definition) is 4. The number of rotatable bonds is 1. The second kappa shape index (κ2) is 5.11. The number of aromatic hydroxyl groups is 1. The van der Waals surface area contributed by atoms with Gasteiger partial charge in [0.25, 0.3) is 0 Å². The number of hydrogen-bond donors (Lipinski definition) is 1. The Labute approximate surface area is 146 Å². The maximum atomic E-state index is 12.8. The van der Waals surface area contributed by atoms with E-state index in [1.165, 1.54) is 23.9 Å². The summed E-state index contributed by atoms with van der Waals surface area (Å²) in [6.45, 7) is 4.05. The van der Waals surface area contributed by atoms with E-state index < -0.39 is 0 Å². The van der Waals surface area contributed by atoms with E-state index in [-0.39, 0.29) is 23.7 Å². The first-order valence-corrected chi connectivity index (χ1v) is 8.96. The maximum Gasteiger partial charge on any atom is 0.329 e. The van der Waals surface area contributed by atoms with Crippen LogP contribution in [0.5, 0.6) is 5.75 Å². The van der Waals surface area contributed by atoms with Gasteiger partial charge in [-0.2, -0.15) is 0 Å². The molecule has 2 aromatic rings. The fourth-order valence-corrected chi connectivity index (χ4v) is 5.30. The predicted molar refractivity (Wildman–Crippen MR) is 94.5 cm³/mol. The standard InChI is InChI=1S/C20H22N2O3/c1-3-11-10-21-7-6-14-13-5-4-12(23)8-16(13)22-18(14)17(21)9-15(11)19(22)20(24)25-2/h3-5,8,15,17,19,23H,6-7,9-10H2,1-2H3. The number of carbonyl (C=O) groups is 1. The number of allylic oxidation sites excluding steroid dienone is 1. The lowest BCUT2D eigenvalue weighted by molar-refractivity contribution is -0.147. The van der Waals surface area contributed by atoms with Gasteiger partial charge in [0.05, 0.1) is 18.7 Å². The fourth-order valence-electron chi connectivity index (χ4n) is 5.30. The smallest absolute Gasteiger partial charge is 0.329 e. The van der Waals surface area contributed by atoms with E-state index >= 15 is 0 Å². The Balaban J connectivity index is 1.87. The number of piperidine rings is 1. The molecule has 130 valence electrons. The Hall–Kier alpha value is -2.27. The third-order valence-corrected chi connectivity index (χ3v) is 6.35. The molecule has 0 amide bonds. The number of methoxy groups -OCH3 is 1. The number of nitrogens with zero attached hydrogens (tertiary/aromatic N) is 2. The quantitative estimate of drug-likeness (QED) is 0.642. The third kappa shape index (κ3) is 1.84. The summed E-state index contributed by atoms with van der Waals surface area (Å²) in [7, 11) is 1.47. The summed E-state index contributed by atoms with van der Waals surface area (Å²) in [4.78, 5) is 15.3. The molecule has 2 bridgehead atoms. The van der Waals surface area contributed by atoms with E-state index in [9.17, 15) is 9.90 Å². The van der Waals surface area contributed by atoms with Gasteiger partial charge in [-0.15, -0.1) is 0 Å². The Morgan fingerprint density at radius 2 is 2.24 bits per heavy atom. The van der Waals surface area contributed by atoms with Crippen molar-refractivity contribution in [1.82, 2.24) is 9.47 Å². The lowest BCUT2D eigenvalue weighted by Crippen LogP contribution is -2.50. The van der Waals surface area contributed by atoms with Gasteiger partial charge in [0.15, 0.2) is 0 Å². The zero-order chi connectivity index (χ0) is 17.3. The van der Waals surface area contributed by atoms with Crippen molar-refractivity contribution in [2.45, 2.75) is 31.8 Å². The van der Waals surface area contributed by atoms with Crippen molar-refractivity contribution in [3.05, 3.63) is 41.1 Å². The van der Waals surface area contributed by atoms with Crippen LogP contribution in [-0.2, 0) is 16.0 Å². The van der Waals surface area contributed by atoms with Gasteiger partial charge in [0.1, 0.15) is 11.8 Å². The van der Waals surface area contributed by atoms with Crippen molar-refractivity contribution in [3.63, 3.8) is 0 Å². The van der Waals surface area contributed by atoms with Crippen LogP contribution in [0.1, 0.15) is 36.7 Å². The average molecular weight is 338 g/mol. The van der Waals surface area contributed by atoms with Gasteiger partial charge in [-0.3, -0.25) is 4.90 Å². The number of ether oxygens (including phenoxy) is 1. The van der Waals surface area contributed by atoms with Crippen LogP contribution in [-0.4, -0.2) is 40.7 Å². The van der Waals surface area contributed by atoms with Gasteiger partial charge in [-0.25, -0.2) is 4.79 Å². The molecule has 5 nitrogen and oxygen atoms in total. The van der Waals surface area contributed by atoms with Crippen molar-refractivity contribution in [3.8, 4) is 5.75 Å². The number of phenols is 1. The van der Waals surface area contributed by atoms with Gasteiger partial charge in [-0.1, -0.05) is 11.6 Å². The van der Waals surface area contributed by atoms with Crippen molar-refractivity contribution < 1.29 is 14.6 Å². The Kier molecular flexibility index (Phi) is 3.07. The molecule has 1 N–H and O–H groups in total. The molecular formula is C20H22N2O3. The first-order chi connectivity index (χ1) is 12.1. The zero-order valence-electron chi connectivity index (χ0n) is 14.5. The van der Waals surface area contributed by atoms with E-state index in [1.807, 2.05) is 6.07 Å². The van der Waals surface area contributed by atoms with Crippen LogP contribution in [0, 0.1) is 5.92 Å². The summed E-state index contributed by atoms with van der Waals surface area (Å²) in [6, 6.07) is 5.54. The fraction of sp³-hybridized carbons (Fsp3) is 0.450. The van der Waals surface area contributed by atoms with E-state index in [0.717, 1.165) is 36.8 Å². The van der Waals surface area contributed by atoms with Gasteiger partial charge >= 0.3 is 5.97 Å². The Morgan fingerprint density at radius 3 is 3.00 bits per heavy atom. The molecule has 3 aliphatic heterocycles. The van der Waals surface area contributed by atoms with E-state index in [0.29, 0.717) is 6.04 Å². The van der Waals surface area contributed by atoms with Gasteiger partial charge in [0.2, 0.25) is 0 Å². The monoisotopic (exact) mass is 338 g/mol. The average Bonchev–Trinajstić information content (AvgIpc) is 2.95. The summed E-state index contributed by atoms with van der Waals surface area (Å²) in [6.07, 6.45) is 4.12. The topological polar surface area (TPSA) is 54.7 Å². The molecule has 0 saturated carbocycles. The SMILES string of the molecule is CC=C1CN2CCc3c4n(c5cc(O)ccc35)C(C(=O)OC)C1CC42. The first kappa shape index (κ1) is 15.0. The molecule has 0 radical (unpaired) electrons. The minimum absolute atomic E-state index is 0.162. The number of phenolic OH excluding ortho intramolecular Hbond substituents is 1. The summed E-state index contributed by atoms with van der Waals surface area (Å²) >= 11 is 0. The van der Waals surface area contributed by atoms with Crippen LogP contribution < -0.4 is 0 Å². The molecule has 1 saturated heterocycles. The summed E-state index contributed by atoms with van der Waals surface area (Å²) in [5.41, 5.74) is 4.87. The van der Waals surface area contributed by atoms with Crippen LogP contribution >= 0.6 is 0 Å². The van der Waals surface area contributed by atoms with E-state index in [4.69, 9.17) is 4.74 Å². The van der Waals surface area contributed by atoms with Crippen molar-refractivity contribution in [2.75, 3.05) is 20.2 Å². The van der Waals surface area contributed by atoms with Gasteiger partial charge < -0.3 is 14.4 Å². The normalized spacial score (nSPS) is 29.2. The molecule has 5 rings (SSSR count). The summed E-state index contributed by atoms with van der Waals surface area (Å²) in [5.74, 6) is 0.209.